The Balaban J connectivity index is 1.61. The maximum atomic E-state index is 14.1. The molecule has 0 bridgehead atoms. The Bertz CT molecular complexity index is 1120. The first kappa shape index (κ1) is 21.4. The molecular weight excluding hydrogens is 409 g/mol. The summed E-state index contributed by atoms with van der Waals surface area (Å²) in [4.78, 5) is 29.5. The summed E-state index contributed by atoms with van der Waals surface area (Å²) in [5.41, 5.74) is 1.90. The lowest BCUT2D eigenvalue weighted by Gasteiger charge is -2.36. The van der Waals surface area contributed by atoms with Gasteiger partial charge >= 0.3 is 6.03 Å². The molecule has 3 amide bonds. The van der Waals surface area contributed by atoms with E-state index in [0.29, 0.717) is 36.8 Å². The molecule has 1 heterocycles. The van der Waals surface area contributed by atoms with E-state index in [9.17, 15) is 14.0 Å². The maximum absolute atomic E-state index is 14.1. The van der Waals surface area contributed by atoms with Crippen LogP contribution < -0.4 is 15.0 Å². The van der Waals surface area contributed by atoms with Gasteiger partial charge in [0.2, 0.25) is 0 Å². The molecule has 0 atom stereocenters. The predicted octanol–water partition coefficient (Wildman–Crippen LogP) is 4.92. The van der Waals surface area contributed by atoms with Crippen molar-refractivity contribution in [1.82, 2.24) is 4.90 Å². The van der Waals surface area contributed by atoms with Crippen LogP contribution in [0.5, 0.6) is 5.75 Å². The molecule has 0 saturated carbocycles. The van der Waals surface area contributed by atoms with Crippen molar-refractivity contribution in [3.8, 4) is 5.75 Å². The number of amides is 3. The SMILES string of the molecule is COc1ccc(N2CCCN(Cc3ccccc3)C2=O)c(NC(=O)c2ccccc2F)c1. The van der Waals surface area contributed by atoms with E-state index in [1.54, 1.807) is 34.1 Å². The summed E-state index contributed by atoms with van der Waals surface area (Å²) < 4.78 is 19.4. The van der Waals surface area contributed by atoms with Crippen LogP contribution in [0.1, 0.15) is 22.3 Å². The minimum absolute atomic E-state index is 0.0723. The van der Waals surface area contributed by atoms with Crippen LogP contribution >= 0.6 is 0 Å². The number of ether oxygens (including phenoxy) is 1. The number of hydrogen-bond acceptors (Lipinski definition) is 3. The van der Waals surface area contributed by atoms with Crippen LogP contribution in [0.25, 0.3) is 0 Å². The zero-order chi connectivity index (χ0) is 22.5. The minimum atomic E-state index is -0.613. The molecule has 3 aromatic rings. The molecule has 1 saturated heterocycles. The van der Waals surface area contributed by atoms with Crippen molar-refractivity contribution in [3.05, 3.63) is 89.7 Å². The van der Waals surface area contributed by atoms with Crippen molar-refractivity contribution < 1.29 is 18.7 Å². The smallest absolute Gasteiger partial charge is 0.324 e. The van der Waals surface area contributed by atoms with Gasteiger partial charge in [0.1, 0.15) is 11.6 Å². The van der Waals surface area contributed by atoms with E-state index in [0.717, 1.165) is 12.0 Å². The summed E-state index contributed by atoms with van der Waals surface area (Å²) in [5, 5.41) is 2.75. The van der Waals surface area contributed by atoms with Gasteiger partial charge in [-0.1, -0.05) is 42.5 Å². The zero-order valence-corrected chi connectivity index (χ0v) is 17.8. The van der Waals surface area contributed by atoms with Crippen molar-refractivity contribution in [3.63, 3.8) is 0 Å². The number of anilines is 2. The number of halogens is 1. The molecule has 0 aliphatic carbocycles. The first-order valence-electron chi connectivity index (χ1n) is 10.4. The van der Waals surface area contributed by atoms with Crippen molar-refractivity contribution in [2.24, 2.45) is 0 Å². The molecule has 1 aliphatic rings. The summed E-state index contributed by atoms with van der Waals surface area (Å²) in [6, 6.07) is 20.5. The summed E-state index contributed by atoms with van der Waals surface area (Å²) in [7, 11) is 1.52. The highest BCUT2D eigenvalue weighted by Crippen LogP contribution is 2.33. The van der Waals surface area contributed by atoms with Crippen LogP contribution in [0, 0.1) is 5.82 Å². The van der Waals surface area contributed by atoms with Gasteiger partial charge in [0.15, 0.2) is 0 Å². The lowest BCUT2D eigenvalue weighted by Crippen LogP contribution is -2.49. The summed E-state index contributed by atoms with van der Waals surface area (Å²) in [6.45, 7) is 1.67. The highest BCUT2D eigenvalue weighted by atomic mass is 19.1. The minimum Gasteiger partial charge on any atom is -0.497 e. The van der Waals surface area contributed by atoms with E-state index < -0.39 is 11.7 Å². The van der Waals surface area contributed by atoms with Gasteiger partial charge in [-0.25, -0.2) is 9.18 Å². The molecule has 7 heteroatoms. The van der Waals surface area contributed by atoms with E-state index in [2.05, 4.69) is 5.32 Å². The largest absolute Gasteiger partial charge is 0.497 e. The van der Waals surface area contributed by atoms with E-state index >= 15 is 0 Å². The second-order valence-corrected chi connectivity index (χ2v) is 7.51. The average Bonchev–Trinajstić information content (AvgIpc) is 2.81. The van der Waals surface area contributed by atoms with Gasteiger partial charge in [0.05, 0.1) is 24.0 Å². The predicted molar refractivity (Wildman–Crippen MR) is 122 cm³/mol. The monoisotopic (exact) mass is 433 g/mol. The van der Waals surface area contributed by atoms with Crippen molar-refractivity contribution >= 4 is 23.3 Å². The van der Waals surface area contributed by atoms with Gasteiger partial charge in [-0.15, -0.1) is 0 Å². The zero-order valence-electron chi connectivity index (χ0n) is 17.8. The molecule has 0 aromatic heterocycles. The number of urea groups is 1. The fourth-order valence-electron chi connectivity index (χ4n) is 3.77. The molecule has 0 radical (unpaired) electrons. The van der Waals surface area contributed by atoms with Crippen LogP contribution in [-0.4, -0.2) is 37.0 Å². The van der Waals surface area contributed by atoms with Gasteiger partial charge < -0.3 is 15.0 Å². The Labute approximate surface area is 186 Å². The molecule has 4 rings (SSSR count). The van der Waals surface area contributed by atoms with Gasteiger partial charge in [-0.2, -0.15) is 0 Å². The highest BCUT2D eigenvalue weighted by molar-refractivity contribution is 6.08. The number of carbonyl (C=O) groups excluding carboxylic acids is 2. The van der Waals surface area contributed by atoms with Crippen LogP contribution in [0.4, 0.5) is 20.6 Å². The Morgan fingerprint density at radius 3 is 2.53 bits per heavy atom. The van der Waals surface area contributed by atoms with Gasteiger partial charge in [-0.05, 0) is 36.2 Å². The summed E-state index contributed by atoms with van der Waals surface area (Å²) in [6.07, 6.45) is 0.783. The van der Waals surface area contributed by atoms with Crippen LogP contribution in [0.3, 0.4) is 0 Å². The molecule has 1 fully saturated rings. The normalized spacial score (nSPS) is 13.8. The third-order valence-electron chi connectivity index (χ3n) is 5.39. The lowest BCUT2D eigenvalue weighted by atomic mass is 10.1. The van der Waals surface area contributed by atoms with Gasteiger partial charge in [0.25, 0.3) is 5.91 Å². The van der Waals surface area contributed by atoms with Gasteiger partial charge in [0, 0.05) is 25.7 Å². The third-order valence-corrected chi connectivity index (χ3v) is 5.39. The highest BCUT2D eigenvalue weighted by Gasteiger charge is 2.29. The maximum Gasteiger partial charge on any atom is 0.324 e. The molecule has 164 valence electrons. The number of nitrogens with one attached hydrogen (secondary N) is 1. The van der Waals surface area contributed by atoms with E-state index in [1.165, 1.54) is 25.3 Å². The lowest BCUT2D eigenvalue weighted by molar-refractivity contribution is 0.102. The van der Waals surface area contributed by atoms with Gasteiger partial charge in [-0.3, -0.25) is 9.69 Å². The van der Waals surface area contributed by atoms with Crippen LogP contribution in [-0.2, 0) is 6.54 Å². The topological polar surface area (TPSA) is 61.9 Å². The Kier molecular flexibility index (Phi) is 6.35. The fourth-order valence-corrected chi connectivity index (χ4v) is 3.77. The van der Waals surface area contributed by atoms with Crippen molar-refractivity contribution in [1.29, 1.82) is 0 Å². The first-order chi connectivity index (χ1) is 15.6. The first-order valence-corrected chi connectivity index (χ1v) is 10.4. The number of rotatable bonds is 6. The Morgan fingerprint density at radius 2 is 1.78 bits per heavy atom. The number of hydrogen-bond donors (Lipinski definition) is 1. The number of methoxy groups -OCH3 is 1. The molecule has 6 nitrogen and oxygen atoms in total. The van der Waals surface area contributed by atoms with E-state index in [1.807, 2.05) is 30.3 Å². The Morgan fingerprint density at radius 1 is 1.03 bits per heavy atom. The number of benzene rings is 3. The average molecular weight is 433 g/mol. The quantitative estimate of drug-likeness (QED) is 0.600. The molecule has 1 N–H and O–H groups in total. The molecular formula is C25H24FN3O3. The third kappa shape index (κ3) is 4.56. The van der Waals surface area contributed by atoms with Crippen molar-refractivity contribution in [2.45, 2.75) is 13.0 Å². The van der Waals surface area contributed by atoms with Crippen LogP contribution in [0.2, 0.25) is 0 Å². The molecule has 0 unspecified atom stereocenters. The summed E-state index contributed by atoms with van der Waals surface area (Å²) in [5.74, 6) is -0.691. The second-order valence-electron chi connectivity index (χ2n) is 7.51. The molecule has 3 aromatic carbocycles. The van der Waals surface area contributed by atoms with Crippen molar-refractivity contribution in [2.75, 3.05) is 30.4 Å². The molecule has 0 spiro atoms. The molecule has 1 aliphatic heterocycles. The second kappa shape index (κ2) is 9.51. The number of carbonyl (C=O) groups is 2. The Hall–Kier alpha value is -3.87. The number of nitrogens with zero attached hydrogens (tertiary/aromatic N) is 2. The van der Waals surface area contributed by atoms with Crippen LogP contribution in [0.15, 0.2) is 72.8 Å². The van der Waals surface area contributed by atoms with E-state index in [4.69, 9.17) is 4.74 Å². The summed E-state index contributed by atoms with van der Waals surface area (Å²) >= 11 is 0. The van der Waals surface area contributed by atoms with E-state index in [-0.39, 0.29) is 11.6 Å². The fraction of sp³-hybridized carbons (Fsp3) is 0.200. The standard InChI is InChI=1S/C25H24FN3O3/c1-32-19-12-13-23(22(16-19)27-24(30)20-10-5-6-11-21(20)26)29-15-7-14-28(25(29)31)17-18-8-3-2-4-9-18/h2-6,8-13,16H,7,14-15,17H2,1H3,(H,27,30). The molecule has 32 heavy (non-hydrogen) atoms.